The van der Waals surface area contributed by atoms with Crippen LogP contribution >= 0.6 is 11.6 Å². The summed E-state index contributed by atoms with van der Waals surface area (Å²) in [5.41, 5.74) is 0.629. The number of hydrogen-bond donors (Lipinski definition) is 0. The van der Waals surface area contributed by atoms with Gasteiger partial charge in [-0.25, -0.2) is 4.39 Å². The van der Waals surface area contributed by atoms with E-state index in [1.54, 1.807) is 6.07 Å². The number of hydrogen-bond acceptors (Lipinski definition) is 1. The second kappa shape index (κ2) is 4.72. The quantitative estimate of drug-likeness (QED) is 0.739. The van der Waals surface area contributed by atoms with Gasteiger partial charge in [0.15, 0.2) is 0 Å². The monoisotopic (exact) mass is 242 g/mol. The lowest BCUT2D eigenvalue weighted by molar-refractivity contribution is 0.0732. The SMILES string of the molecule is CC1OCCC1(CCl)Cc1ccccc1F. The van der Waals surface area contributed by atoms with E-state index in [-0.39, 0.29) is 17.3 Å². The summed E-state index contributed by atoms with van der Waals surface area (Å²) in [5.74, 6) is 0.369. The van der Waals surface area contributed by atoms with Crippen molar-refractivity contribution < 1.29 is 9.13 Å². The second-order valence-corrected chi connectivity index (χ2v) is 4.79. The molecule has 1 nitrogen and oxygen atoms in total. The zero-order chi connectivity index (χ0) is 11.6. The Labute approximate surface area is 101 Å². The van der Waals surface area contributed by atoms with Crippen molar-refractivity contribution in [3.8, 4) is 0 Å². The van der Waals surface area contributed by atoms with E-state index in [1.807, 2.05) is 19.1 Å². The largest absolute Gasteiger partial charge is 0.378 e. The molecular weight excluding hydrogens is 227 g/mol. The molecular formula is C13H16ClFO. The van der Waals surface area contributed by atoms with Crippen molar-refractivity contribution in [2.75, 3.05) is 12.5 Å². The van der Waals surface area contributed by atoms with Gasteiger partial charge in [-0.05, 0) is 31.4 Å². The van der Waals surface area contributed by atoms with Gasteiger partial charge < -0.3 is 4.74 Å². The van der Waals surface area contributed by atoms with E-state index in [1.165, 1.54) is 6.07 Å². The van der Waals surface area contributed by atoms with Gasteiger partial charge in [0, 0.05) is 17.9 Å². The summed E-state index contributed by atoms with van der Waals surface area (Å²) in [7, 11) is 0. The van der Waals surface area contributed by atoms with Gasteiger partial charge in [-0.3, -0.25) is 0 Å². The Morgan fingerprint density at radius 3 is 2.81 bits per heavy atom. The fourth-order valence-corrected chi connectivity index (χ4v) is 2.74. The van der Waals surface area contributed by atoms with E-state index in [9.17, 15) is 4.39 Å². The topological polar surface area (TPSA) is 9.23 Å². The average molecular weight is 243 g/mol. The molecule has 16 heavy (non-hydrogen) atoms. The zero-order valence-corrected chi connectivity index (χ0v) is 10.1. The molecule has 2 atom stereocenters. The first-order valence-corrected chi connectivity index (χ1v) is 6.12. The number of ether oxygens (including phenoxy) is 1. The molecule has 0 radical (unpaired) electrons. The minimum absolute atomic E-state index is 0.101. The molecule has 1 aliphatic rings. The molecule has 88 valence electrons. The van der Waals surface area contributed by atoms with Crippen LogP contribution in [0.2, 0.25) is 0 Å². The molecule has 1 aromatic rings. The first kappa shape index (κ1) is 11.9. The normalized spacial score (nSPS) is 29.6. The van der Waals surface area contributed by atoms with Crippen LogP contribution in [0.1, 0.15) is 18.9 Å². The fraction of sp³-hybridized carbons (Fsp3) is 0.538. The maximum atomic E-state index is 13.6. The molecule has 1 aromatic carbocycles. The molecule has 1 aliphatic heterocycles. The molecule has 0 N–H and O–H groups in total. The Morgan fingerprint density at radius 1 is 1.50 bits per heavy atom. The summed E-state index contributed by atoms with van der Waals surface area (Å²) in [6.07, 6.45) is 1.67. The van der Waals surface area contributed by atoms with Crippen molar-refractivity contribution >= 4 is 11.6 Å². The lowest BCUT2D eigenvalue weighted by Crippen LogP contribution is -2.33. The highest BCUT2D eigenvalue weighted by atomic mass is 35.5. The molecule has 0 saturated carbocycles. The molecule has 0 aromatic heterocycles. The fourth-order valence-electron chi connectivity index (χ4n) is 2.29. The van der Waals surface area contributed by atoms with E-state index in [4.69, 9.17) is 16.3 Å². The van der Waals surface area contributed by atoms with Crippen molar-refractivity contribution in [3.63, 3.8) is 0 Å². The van der Waals surface area contributed by atoms with Crippen molar-refractivity contribution in [2.45, 2.75) is 25.9 Å². The third kappa shape index (κ3) is 2.09. The zero-order valence-electron chi connectivity index (χ0n) is 9.38. The molecule has 1 fully saturated rings. The minimum atomic E-state index is -0.147. The average Bonchev–Trinajstić information content (AvgIpc) is 2.64. The lowest BCUT2D eigenvalue weighted by Gasteiger charge is -2.30. The summed E-state index contributed by atoms with van der Waals surface area (Å²) in [6, 6.07) is 6.90. The predicted octanol–water partition coefficient (Wildman–Crippen LogP) is 3.40. The van der Waals surface area contributed by atoms with Gasteiger partial charge in [0.05, 0.1) is 6.10 Å². The Hall–Kier alpha value is -0.600. The van der Waals surface area contributed by atoms with E-state index < -0.39 is 0 Å². The second-order valence-electron chi connectivity index (χ2n) is 4.53. The Bertz CT molecular complexity index is 369. The summed E-state index contributed by atoms with van der Waals surface area (Å²) in [4.78, 5) is 0. The third-order valence-corrected chi connectivity index (χ3v) is 4.13. The number of alkyl halides is 1. The van der Waals surface area contributed by atoms with Crippen LogP contribution in [0, 0.1) is 11.2 Å². The molecule has 2 rings (SSSR count). The Morgan fingerprint density at radius 2 is 2.25 bits per heavy atom. The van der Waals surface area contributed by atoms with Crippen LogP contribution < -0.4 is 0 Å². The van der Waals surface area contributed by atoms with Crippen LogP contribution in [-0.4, -0.2) is 18.6 Å². The van der Waals surface area contributed by atoms with Crippen molar-refractivity contribution in [3.05, 3.63) is 35.6 Å². The highest BCUT2D eigenvalue weighted by Gasteiger charge is 2.41. The van der Waals surface area contributed by atoms with Crippen molar-refractivity contribution in [1.82, 2.24) is 0 Å². The predicted molar refractivity (Wildman–Crippen MR) is 63.3 cm³/mol. The molecule has 0 aliphatic carbocycles. The summed E-state index contributed by atoms with van der Waals surface area (Å²) in [5, 5.41) is 0. The molecule has 1 saturated heterocycles. The van der Waals surface area contributed by atoms with Gasteiger partial charge in [0.1, 0.15) is 5.82 Å². The first-order valence-electron chi connectivity index (χ1n) is 5.59. The minimum Gasteiger partial charge on any atom is -0.378 e. The van der Waals surface area contributed by atoms with Crippen LogP contribution in [0.15, 0.2) is 24.3 Å². The summed E-state index contributed by atoms with van der Waals surface area (Å²) < 4.78 is 19.2. The van der Waals surface area contributed by atoms with E-state index in [0.29, 0.717) is 12.3 Å². The smallest absolute Gasteiger partial charge is 0.126 e. The van der Waals surface area contributed by atoms with Crippen LogP contribution in [-0.2, 0) is 11.2 Å². The van der Waals surface area contributed by atoms with E-state index >= 15 is 0 Å². The summed E-state index contributed by atoms with van der Waals surface area (Å²) in [6.45, 7) is 2.75. The Kier molecular flexibility index (Phi) is 3.50. The van der Waals surface area contributed by atoms with Crippen LogP contribution in [0.3, 0.4) is 0 Å². The van der Waals surface area contributed by atoms with E-state index in [2.05, 4.69) is 0 Å². The third-order valence-electron chi connectivity index (χ3n) is 3.60. The van der Waals surface area contributed by atoms with E-state index in [0.717, 1.165) is 18.6 Å². The molecule has 0 spiro atoms. The standard InChI is InChI=1S/C13H16ClFO/c1-10-13(9-14,6-7-16-10)8-11-4-2-3-5-12(11)15/h2-5,10H,6-9H2,1H3. The van der Waals surface area contributed by atoms with Gasteiger partial charge >= 0.3 is 0 Å². The van der Waals surface area contributed by atoms with Crippen LogP contribution in [0.25, 0.3) is 0 Å². The van der Waals surface area contributed by atoms with Crippen LogP contribution in [0.4, 0.5) is 4.39 Å². The molecule has 3 heteroatoms. The highest BCUT2D eigenvalue weighted by molar-refractivity contribution is 6.18. The summed E-state index contributed by atoms with van der Waals surface area (Å²) >= 11 is 6.06. The maximum absolute atomic E-state index is 13.6. The van der Waals surface area contributed by atoms with Crippen molar-refractivity contribution in [1.29, 1.82) is 0 Å². The van der Waals surface area contributed by atoms with Crippen molar-refractivity contribution in [2.24, 2.45) is 5.41 Å². The number of rotatable bonds is 3. The highest BCUT2D eigenvalue weighted by Crippen LogP contribution is 2.39. The number of halogens is 2. The van der Waals surface area contributed by atoms with Crippen LogP contribution in [0.5, 0.6) is 0 Å². The van der Waals surface area contributed by atoms with Gasteiger partial charge in [-0.2, -0.15) is 0 Å². The Balaban J connectivity index is 2.22. The molecule has 0 amide bonds. The van der Waals surface area contributed by atoms with Gasteiger partial charge in [0.25, 0.3) is 0 Å². The van der Waals surface area contributed by atoms with Gasteiger partial charge in [-0.1, -0.05) is 18.2 Å². The maximum Gasteiger partial charge on any atom is 0.126 e. The number of benzene rings is 1. The lowest BCUT2D eigenvalue weighted by atomic mass is 9.78. The molecule has 2 unspecified atom stereocenters. The first-order chi connectivity index (χ1) is 7.68. The van der Waals surface area contributed by atoms with Gasteiger partial charge in [-0.15, -0.1) is 11.6 Å². The molecule has 0 bridgehead atoms. The molecule has 1 heterocycles. The van der Waals surface area contributed by atoms with Gasteiger partial charge in [0.2, 0.25) is 0 Å².